The fraction of sp³-hybridized carbons (Fsp3) is 0.333. The van der Waals surface area contributed by atoms with Crippen molar-refractivity contribution in [2.75, 3.05) is 5.32 Å². The molecule has 0 radical (unpaired) electrons. The Balaban J connectivity index is 2.84. The number of benzene rings is 1. The number of amides is 2. The van der Waals surface area contributed by atoms with Gasteiger partial charge < -0.3 is 15.7 Å². The quantitative estimate of drug-likeness (QED) is 0.800. The fourth-order valence-corrected chi connectivity index (χ4v) is 1.71. The number of anilines is 1. The third-order valence-corrected chi connectivity index (χ3v) is 2.76. The predicted octanol–water partition coefficient (Wildman–Crippen LogP) is 2.85. The Kier molecular flexibility index (Phi) is 5.26. The molecule has 20 heavy (non-hydrogen) atoms. The second-order valence-electron chi connectivity index (χ2n) is 4.40. The molecule has 1 rings (SSSR count). The molecule has 0 aliphatic carbocycles. The van der Waals surface area contributed by atoms with E-state index in [2.05, 4.69) is 10.6 Å². The number of carbonyl (C=O) groups excluding carboxylic acids is 1. The Bertz CT molecular complexity index is 514. The van der Waals surface area contributed by atoms with Crippen LogP contribution in [0.4, 0.5) is 19.3 Å². The van der Waals surface area contributed by atoms with Gasteiger partial charge in [-0.25, -0.2) is 18.4 Å². The van der Waals surface area contributed by atoms with Crippen molar-refractivity contribution in [3.63, 3.8) is 0 Å². The molecule has 0 aliphatic heterocycles. The van der Waals surface area contributed by atoms with Crippen LogP contribution in [-0.2, 0) is 4.79 Å². The number of hydrogen-bond acceptors (Lipinski definition) is 2. The van der Waals surface area contributed by atoms with Gasteiger partial charge in [-0.3, -0.25) is 0 Å². The summed E-state index contributed by atoms with van der Waals surface area (Å²) < 4.78 is 26.3. The number of urea groups is 1. The summed E-state index contributed by atoms with van der Waals surface area (Å²) in [5.74, 6) is -3.53. The molecule has 5 nitrogen and oxygen atoms in total. The van der Waals surface area contributed by atoms with E-state index in [0.29, 0.717) is 6.07 Å². The highest BCUT2D eigenvalue weighted by atomic mass is 35.5. The van der Waals surface area contributed by atoms with Crippen LogP contribution in [0.2, 0.25) is 5.02 Å². The Labute approximate surface area is 118 Å². The molecular formula is C12H13ClF2N2O3. The van der Waals surface area contributed by atoms with E-state index in [4.69, 9.17) is 16.7 Å². The van der Waals surface area contributed by atoms with Gasteiger partial charge in [-0.05, 0) is 12.0 Å². The van der Waals surface area contributed by atoms with Gasteiger partial charge in [-0.15, -0.1) is 0 Å². The highest BCUT2D eigenvalue weighted by Gasteiger charge is 2.24. The van der Waals surface area contributed by atoms with Gasteiger partial charge in [0.1, 0.15) is 11.9 Å². The van der Waals surface area contributed by atoms with Gasteiger partial charge >= 0.3 is 12.0 Å². The largest absolute Gasteiger partial charge is 0.480 e. The molecule has 8 heteroatoms. The van der Waals surface area contributed by atoms with Crippen molar-refractivity contribution in [2.45, 2.75) is 19.9 Å². The maximum absolute atomic E-state index is 13.4. The predicted molar refractivity (Wildman–Crippen MR) is 69.8 cm³/mol. The molecule has 1 atom stereocenters. The average Bonchev–Trinajstić information content (AvgIpc) is 2.29. The molecule has 0 fully saturated rings. The van der Waals surface area contributed by atoms with E-state index in [-0.39, 0.29) is 10.9 Å². The SMILES string of the molecule is CC(C)[C@H](NC(=O)Nc1c(F)cc(F)cc1Cl)C(=O)O. The van der Waals surface area contributed by atoms with Gasteiger partial charge in [0.25, 0.3) is 0 Å². The van der Waals surface area contributed by atoms with Gasteiger partial charge in [0.15, 0.2) is 5.82 Å². The molecule has 0 saturated carbocycles. The van der Waals surface area contributed by atoms with E-state index in [0.717, 1.165) is 6.07 Å². The van der Waals surface area contributed by atoms with Crippen LogP contribution in [0.5, 0.6) is 0 Å². The highest BCUT2D eigenvalue weighted by Crippen LogP contribution is 2.26. The summed E-state index contributed by atoms with van der Waals surface area (Å²) in [4.78, 5) is 22.5. The van der Waals surface area contributed by atoms with Crippen LogP contribution in [0.1, 0.15) is 13.8 Å². The first kappa shape index (κ1) is 16.2. The molecule has 3 N–H and O–H groups in total. The van der Waals surface area contributed by atoms with Crippen molar-refractivity contribution in [1.82, 2.24) is 5.32 Å². The smallest absolute Gasteiger partial charge is 0.326 e. The molecular weight excluding hydrogens is 294 g/mol. The molecule has 0 spiro atoms. The standard InChI is InChI=1S/C12H13ClF2N2O3/c1-5(2)9(11(18)19)16-12(20)17-10-7(13)3-6(14)4-8(10)15/h3-5,9H,1-2H3,(H,18,19)(H2,16,17,20)/t9-/m0/s1. The Morgan fingerprint density at radius 1 is 1.30 bits per heavy atom. The van der Waals surface area contributed by atoms with Crippen LogP contribution in [0.25, 0.3) is 0 Å². The second kappa shape index (κ2) is 6.51. The maximum atomic E-state index is 13.4. The number of nitrogens with one attached hydrogen (secondary N) is 2. The minimum absolute atomic E-state index is 0.325. The normalized spacial score (nSPS) is 12.1. The van der Waals surface area contributed by atoms with E-state index in [1.54, 1.807) is 13.8 Å². The summed E-state index contributed by atoms with van der Waals surface area (Å²) in [6.07, 6.45) is 0. The van der Waals surface area contributed by atoms with Crippen molar-refractivity contribution < 1.29 is 23.5 Å². The highest BCUT2D eigenvalue weighted by molar-refractivity contribution is 6.33. The zero-order valence-corrected chi connectivity index (χ0v) is 11.5. The fourth-order valence-electron chi connectivity index (χ4n) is 1.47. The van der Waals surface area contributed by atoms with E-state index in [9.17, 15) is 18.4 Å². The third-order valence-electron chi connectivity index (χ3n) is 2.46. The number of aliphatic carboxylic acids is 1. The molecule has 0 bridgehead atoms. The molecule has 0 heterocycles. The molecule has 110 valence electrons. The van der Waals surface area contributed by atoms with Gasteiger partial charge in [-0.1, -0.05) is 25.4 Å². The zero-order valence-electron chi connectivity index (χ0n) is 10.7. The molecule has 1 aromatic carbocycles. The minimum atomic E-state index is -1.22. The van der Waals surface area contributed by atoms with Gasteiger partial charge in [-0.2, -0.15) is 0 Å². The number of halogens is 3. The molecule has 1 aromatic rings. The third kappa shape index (κ3) is 4.06. The van der Waals surface area contributed by atoms with Crippen molar-refractivity contribution in [2.24, 2.45) is 5.92 Å². The lowest BCUT2D eigenvalue weighted by atomic mass is 10.1. The monoisotopic (exact) mass is 306 g/mol. The minimum Gasteiger partial charge on any atom is -0.480 e. The maximum Gasteiger partial charge on any atom is 0.326 e. The van der Waals surface area contributed by atoms with E-state index in [1.165, 1.54) is 0 Å². The van der Waals surface area contributed by atoms with Gasteiger partial charge in [0, 0.05) is 6.07 Å². The van der Waals surface area contributed by atoms with Crippen LogP contribution in [-0.4, -0.2) is 23.1 Å². The van der Waals surface area contributed by atoms with Crippen molar-refractivity contribution >= 4 is 29.3 Å². The molecule has 0 aromatic heterocycles. The summed E-state index contributed by atoms with van der Waals surface area (Å²) in [5.41, 5.74) is -0.418. The molecule has 0 aliphatic rings. The number of rotatable bonds is 4. The summed E-state index contributed by atoms with van der Waals surface area (Å²) in [7, 11) is 0. The van der Waals surface area contributed by atoms with E-state index in [1.807, 2.05) is 0 Å². The Morgan fingerprint density at radius 2 is 1.90 bits per heavy atom. The first-order valence-corrected chi connectivity index (χ1v) is 6.05. The summed E-state index contributed by atoms with van der Waals surface area (Å²) >= 11 is 5.60. The van der Waals surface area contributed by atoms with Crippen molar-refractivity contribution in [1.29, 1.82) is 0 Å². The summed E-state index contributed by atoms with van der Waals surface area (Å²) in [5, 5.41) is 12.8. The van der Waals surface area contributed by atoms with Crippen LogP contribution in [0, 0.1) is 17.6 Å². The summed E-state index contributed by atoms with van der Waals surface area (Å²) in [6, 6.07) is -0.702. The number of carbonyl (C=O) groups is 2. The van der Waals surface area contributed by atoms with E-state index >= 15 is 0 Å². The Hall–Kier alpha value is -1.89. The number of hydrogen-bond donors (Lipinski definition) is 3. The first-order chi connectivity index (χ1) is 9.22. The average molecular weight is 307 g/mol. The van der Waals surface area contributed by atoms with Crippen LogP contribution in [0.3, 0.4) is 0 Å². The zero-order chi connectivity index (χ0) is 15.4. The second-order valence-corrected chi connectivity index (χ2v) is 4.81. The molecule has 0 unspecified atom stereocenters. The summed E-state index contributed by atoms with van der Waals surface area (Å²) in [6.45, 7) is 3.20. The van der Waals surface area contributed by atoms with Crippen molar-refractivity contribution in [3.8, 4) is 0 Å². The van der Waals surface area contributed by atoms with Crippen molar-refractivity contribution in [3.05, 3.63) is 28.8 Å². The number of carboxylic acid groups (broad SMARTS) is 1. The van der Waals surface area contributed by atoms with E-state index < -0.39 is 35.4 Å². The van der Waals surface area contributed by atoms with Crippen LogP contribution in [0.15, 0.2) is 12.1 Å². The lowest BCUT2D eigenvalue weighted by Crippen LogP contribution is -2.46. The Morgan fingerprint density at radius 3 is 2.35 bits per heavy atom. The van der Waals surface area contributed by atoms with Gasteiger partial charge in [0.2, 0.25) is 0 Å². The van der Waals surface area contributed by atoms with Crippen LogP contribution >= 0.6 is 11.6 Å². The first-order valence-electron chi connectivity index (χ1n) is 5.67. The van der Waals surface area contributed by atoms with Gasteiger partial charge in [0.05, 0.1) is 10.7 Å². The topological polar surface area (TPSA) is 78.4 Å². The molecule has 0 saturated heterocycles. The molecule has 2 amide bonds. The lowest BCUT2D eigenvalue weighted by Gasteiger charge is -2.18. The number of carboxylic acids is 1. The lowest BCUT2D eigenvalue weighted by molar-refractivity contribution is -0.140. The van der Waals surface area contributed by atoms with Crippen LogP contribution < -0.4 is 10.6 Å².